The first kappa shape index (κ1) is 15.8. The molecule has 116 valence electrons. The van der Waals surface area contributed by atoms with Crippen LogP contribution in [0.1, 0.15) is 39.3 Å². The molecule has 0 saturated carbocycles. The zero-order valence-electron chi connectivity index (χ0n) is 13.1. The summed E-state index contributed by atoms with van der Waals surface area (Å²) in [7, 11) is 0. The molecule has 2 rings (SSSR count). The average Bonchev–Trinajstić information content (AvgIpc) is 2.86. The van der Waals surface area contributed by atoms with Crippen molar-refractivity contribution in [2.45, 2.75) is 51.8 Å². The maximum Gasteiger partial charge on any atom is 0.410 e. The molecule has 1 N–H and O–H groups in total. The molecule has 0 aromatic carbocycles. The number of nitrogens with zero attached hydrogens (tertiary/aromatic N) is 2. The van der Waals surface area contributed by atoms with E-state index in [1.807, 2.05) is 43.9 Å². The second-order valence-corrected chi connectivity index (χ2v) is 6.42. The van der Waals surface area contributed by atoms with Crippen LogP contribution in [0.4, 0.5) is 4.79 Å². The van der Waals surface area contributed by atoms with Gasteiger partial charge in [0.25, 0.3) is 0 Å². The van der Waals surface area contributed by atoms with E-state index >= 15 is 0 Å². The molecule has 0 spiro atoms. The Kier molecular flexibility index (Phi) is 5.17. The number of likely N-dealkylation sites (tertiary alicyclic amines) is 1. The van der Waals surface area contributed by atoms with Gasteiger partial charge in [0.2, 0.25) is 0 Å². The van der Waals surface area contributed by atoms with Crippen LogP contribution < -0.4 is 5.32 Å². The molecule has 1 aromatic rings. The molecule has 1 fully saturated rings. The largest absolute Gasteiger partial charge is 0.444 e. The van der Waals surface area contributed by atoms with Crippen LogP contribution in [0.2, 0.25) is 0 Å². The molecule has 1 saturated heterocycles. The summed E-state index contributed by atoms with van der Waals surface area (Å²) < 4.78 is 5.46. The Morgan fingerprint density at radius 3 is 2.95 bits per heavy atom. The summed E-state index contributed by atoms with van der Waals surface area (Å²) in [4.78, 5) is 18.3. The number of rotatable bonds is 4. The summed E-state index contributed by atoms with van der Waals surface area (Å²) in [6.45, 7) is 7.97. The standard InChI is InChI=1S/C16H25N3O2/c1-16(2,3)21-15(20)19-10-6-8-14(19)12-17-11-13-7-4-5-9-18-13/h4-5,7,9,14,17H,6,8,10-12H2,1-3H3. The lowest BCUT2D eigenvalue weighted by Crippen LogP contribution is -2.44. The molecule has 0 aliphatic carbocycles. The van der Waals surface area contributed by atoms with Gasteiger partial charge < -0.3 is 15.0 Å². The highest BCUT2D eigenvalue weighted by Gasteiger charge is 2.31. The lowest BCUT2D eigenvalue weighted by molar-refractivity contribution is 0.0226. The number of hydrogen-bond acceptors (Lipinski definition) is 4. The molecule has 21 heavy (non-hydrogen) atoms. The third kappa shape index (κ3) is 5.01. The highest BCUT2D eigenvalue weighted by molar-refractivity contribution is 5.69. The molecular formula is C16H25N3O2. The number of hydrogen-bond donors (Lipinski definition) is 1. The normalized spacial score (nSPS) is 18.8. The third-order valence-corrected chi connectivity index (χ3v) is 3.42. The molecule has 1 unspecified atom stereocenters. The minimum absolute atomic E-state index is 0.204. The van der Waals surface area contributed by atoms with Gasteiger partial charge in [0.1, 0.15) is 5.60 Å². The zero-order chi connectivity index (χ0) is 15.3. The minimum atomic E-state index is -0.439. The molecule has 2 heterocycles. The molecule has 1 aliphatic rings. The molecule has 1 aromatic heterocycles. The number of nitrogens with one attached hydrogen (secondary N) is 1. The van der Waals surface area contributed by atoms with Crippen molar-refractivity contribution in [3.05, 3.63) is 30.1 Å². The summed E-state index contributed by atoms with van der Waals surface area (Å²) in [5.41, 5.74) is 0.574. The maximum absolute atomic E-state index is 12.2. The van der Waals surface area contributed by atoms with Gasteiger partial charge in [-0.15, -0.1) is 0 Å². The molecule has 1 aliphatic heterocycles. The fourth-order valence-electron chi connectivity index (χ4n) is 2.48. The van der Waals surface area contributed by atoms with Crippen molar-refractivity contribution in [2.75, 3.05) is 13.1 Å². The summed E-state index contributed by atoms with van der Waals surface area (Å²) >= 11 is 0. The van der Waals surface area contributed by atoms with E-state index in [2.05, 4.69) is 10.3 Å². The van der Waals surface area contributed by atoms with Gasteiger partial charge in [-0.05, 0) is 45.7 Å². The monoisotopic (exact) mass is 291 g/mol. The Labute approximate surface area is 126 Å². The summed E-state index contributed by atoms with van der Waals surface area (Å²) in [6.07, 6.45) is 3.65. The first-order valence-electron chi connectivity index (χ1n) is 7.56. The number of aromatic nitrogens is 1. The van der Waals surface area contributed by atoms with Gasteiger partial charge in [-0.2, -0.15) is 0 Å². The zero-order valence-corrected chi connectivity index (χ0v) is 13.1. The van der Waals surface area contributed by atoms with Gasteiger partial charge in [0, 0.05) is 31.9 Å². The Morgan fingerprint density at radius 1 is 1.48 bits per heavy atom. The van der Waals surface area contributed by atoms with Crippen molar-refractivity contribution in [1.82, 2.24) is 15.2 Å². The van der Waals surface area contributed by atoms with E-state index in [4.69, 9.17) is 4.74 Å². The van der Waals surface area contributed by atoms with Gasteiger partial charge >= 0.3 is 6.09 Å². The van der Waals surface area contributed by atoms with Crippen LogP contribution >= 0.6 is 0 Å². The minimum Gasteiger partial charge on any atom is -0.444 e. The van der Waals surface area contributed by atoms with Crippen molar-refractivity contribution in [3.63, 3.8) is 0 Å². The van der Waals surface area contributed by atoms with E-state index in [-0.39, 0.29) is 12.1 Å². The molecule has 1 amide bonds. The van der Waals surface area contributed by atoms with Gasteiger partial charge in [-0.3, -0.25) is 4.98 Å². The SMILES string of the molecule is CC(C)(C)OC(=O)N1CCCC1CNCc1ccccn1. The predicted octanol–water partition coefficient (Wildman–Crippen LogP) is 2.57. The van der Waals surface area contributed by atoms with Crippen LogP contribution in [0, 0.1) is 0 Å². The van der Waals surface area contributed by atoms with E-state index in [1.54, 1.807) is 6.20 Å². The Bertz CT molecular complexity index is 456. The molecule has 0 radical (unpaired) electrons. The van der Waals surface area contributed by atoms with Crippen molar-refractivity contribution in [2.24, 2.45) is 0 Å². The average molecular weight is 291 g/mol. The summed E-state index contributed by atoms with van der Waals surface area (Å²) in [6, 6.07) is 6.09. The molecular weight excluding hydrogens is 266 g/mol. The van der Waals surface area contributed by atoms with Crippen molar-refractivity contribution < 1.29 is 9.53 Å². The van der Waals surface area contributed by atoms with Crippen molar-refractivity contribution >= 4 is 6.09 Å². The van der Waals surface area contributed by atoms with E-state index in [0.29, 0.717) is 0 Å². The maximum atomic E-state index is 12.2. The van der Waals surface area contributed by atoms with E-state index in [9.17, 15) is 4.79 Å². The van der Waals surface area contributed by atoms with Gasteiger partial charge in [0.15, 0.2) is 0 Å². The number of carbonyl (C=O) groups is 1. The lowest BCUT2D eigenvalue weighted by atomic mass is 10.2. The Hall–Kier alpha value is -1.62. The molecule has 1 atom stereocenters. The number of carbonyl (C=O) groups excluding carboxylic acids is 1. The smallest absolute Gasteiger partial charge is 0.410 e. The van der Waals surface area contributed by atoms with E-state index in [0.717, 1.165) is 38.2 Å². The Balaban J connectivity index is 1.80. The summed E-state index contributed by atoms with van der Waals surface area (Å²) in [5, 5.41) is 3.38. The van der Waals surface area contributed by atoms with Crippen molar-refractivity contribution in [1.29, 1.82) is 0 Å². The van der Waals surface area contributed by atoms with Gasteiger partial charge in [-0.25, -0.2) is 4.79 Å². The van der Waals surface area contributed by atoms with Gasteiger partial charge in [-0.1, -0.05) is 6.07 Å². The van der Waals surface area contributed by atoms with Crippen molar-refractivity contribution in [3.8, 4) is 0 Å². The third-order valence-electron chi connectivity index (χ3n) is 3.42. The highest BCUT2D eigenvalue weighted by atomic mass is 16.6. The van der Waals surface area contributed by atoms with E-state index in [1.165, 1.54) is 0 Å². The van der Waals surface area contributed by atoms with Crippen LogP contribution in [0.5, 0.6) is 0 Å². The highest BCUT2D eigenvalue weighted by Crippen LogP contribution is 2.20. The first-order chi connectivity index (χ1) is 9.96. The number of ether oxygens (including phenoxy) is 1. The molecule has 5 heteroatoms. The number of pyridine rings is 1. The quantitative estimate of drug-likeness (QED) is 0.926. The second kappa shape index (κ2) is 6.89. The lowest BCUT2D eigenvalue weighted by Gasteiger charge is -2.28. The molecule has 0 bridgehead atoms. The Morgan fingerprint density at radius 2 is 2.29 bits per heavy atom. The van der Waals surface area contributed by atoms with Crippen LogP contribution in [-0.4, -0.2) is 40.7 Å². The van der Waals surface area contributed by atoms with Crippen LogP contribution in [-0.2, 0) is 11.3 Å². The summed E-state index contributed by atoms with van der Waals surface area (Å²) in [5.74, 6) is 0. The van der Waals surface area contributed by atoms with Crippen LogP contribution in [0.25, 0.3) is 0 Å². The fourth-order valence-corrected chi connectivity index (χ4v) is 2.48. The van der Waals surface area contributed by atoms with E-state index < -0.39 is 5.60 Å². The second-order valence-electron chi connectivity index (χ2n) is 6.42. The van der Waals surface area contributed by atoms with Crippen LogP contribution in [0.15, 0.2) is 24.4 Å². The molecule has 5 nitrogen and oxygen atoms in total. The van der Waals surface area contributed by atoms with Gasteiger partial charge in [0.05, 0.1) is 5.69 Å². The predicted molar refractivity (Wildman–Crippen MR) is 81.9 cm³/mol. The number of amides is 1. The first-order valence-corrected chi connectivity index (χ1v) is 7.56. The topological polar surface area (TPSA) is 54.5 Å². The van der Waals surface area contributed by atoms with Crippen LogP contribution in [0.3, 0.4) is 0 Å². The fraction of sp³-hybridized carbons (Fsp3) is 0.625.